The van der Waals surface area contributed by atoms with E-state index in [4.69, 9.17) is 14.2 Å². The van der Waals surface area contributed by atoms with Crippen LogP contribution in [0.5, 0.6) is 11.5 Å². The Labute approximate surface area is 147 Å². The molecular weight excluding hydrogens is 378 g/mol. The van der Waals surface area contributed by atoms with E-state index in [-0.39, 0.29) is 17.2 Å². The van der Waals surface area contributed by atoms with E-state index in [2.05, 4.69) is 21.2 Å². The fraction of sp³-hybridized carbons (Fsp3) is 0.176. The summed E-state index contributed by atoms with van der Waals surface area (Å²) in [6.07, 6.45) is 0. The third kappa shape index (κ3) is 3.86. The van der Waals surface area contributed by atoms with Crippen LogP contribution >= 0.6 is 15.9 Å². The molecule has 0 saturated carbocycles. The van der Waals surface area contributed by atoms with Gasteiger partial charge >= 0.3 is 5.97 Å². The summed E-state index contributed by atoms with van der Waals surface area (Å²) in [5, 5.41) is 2.70. The Bertz CT molecular complexity index is 758. The lowest BCUT2D eigenvalue weighted by atomic mass is 10.1. The zero-order valence-corrected chi connectivity index (χ0v) is 15.0. The van der Waals surface area contributed by atoms with Gasteiger partial charge in [-0.1, -0.05) is 15.9 Å². The van der Waals surface area contributed by atoms with Crippen LogP contribution in [-0.2, 0) is 4.74 Å². The van der Waals surface area contributed by atoms with Gasteiger partial charge in [0.2, 0.25) is 0 Å². The Kier molecular flexibility index (Phi) is 5.81. The minimum atomic E-state index is -0.595. The second-order valence-corrected chi connectivity index (χ2v) is 5.62. The molecule has 0 radical (unpaired) electrons. The van der Waals surface area contributed by atoms with Crippen LogP contribution in [-0.4, -0.2) is 33.2 Å². The van der Waals surface area contributed by atoms with Gasteiger partial charge in [0.1, 0.15) is 0 Å². The molecule has 0 aliphatic carbocycles. The van der Waals surface area contributed by atoms with Crippen molar-refractivity contribution in [3.8, 4) is 11.5 Å². The van der Waals surface area contributed by atoms with E-state index >= 15 is 0 Å². The predicted molar refractivity (Wildman–Crippen MR) is 93.0 cm³/mol. The third-order valence-corrected chi connectivity index (χ3v) is 3.81. The van der Waals surface area contributed by atoms with Gasteiger partial charge in [0.15, 0.2) is 11.5 Å². The Hall–Kier alpha value is -2.54. The number of methoxy groups -OCH3 is 3. The number of amides is 1. The molecule has 0 saturated heterocycles. The fourth-order valence-electron chi connectivity index (χ4n) is 2.06. The SMILES string of the molecule is COC(=O)c1cc(OC)c(OC)cc1NC(=O)c1ccc(Br)cc1. The summed E-state index contributed by atoms with van der Waals surface area (Å²) in [6.45, 7) is 0. The summed E-state index contributed by atoms with van der Waals surface area (Å²) < 4.78 is 16.0. The number of carbonyl (C=O) groups is 2. The van der Waals surface area contributed by atoms with Crippen LogP contribution in [0.1, 0.15) is 20.7 Å². The van der Waals surface area contributed by atoms with E-state index in [0.717, 1.165) is 4.47 Å². The lowest BCUT2D eigenvalue weighted by Crippen LogP contribution is -2.15. The molecule has 2 rings (SSSR count). The standard InChI is InChI=1S/C17H16BrNO5/c1-22-14-8-12(17(21)24-3)13(9-15(14)23-2)19-16(20)10-4-6-11(18)7-5-10/h4-9H,1-3H3,(H,19,20). The van der Waals surface area contributed by atoms with Crippen LogP contribution in [0.2, 0.25) is 0 Å². The number of rotatable bonds is 5. The lowest BCUT2D eigenvalue weighted by molar-refractivity contribution is 0.0601. The molecule has 0 heterocycles. The lowest BCUT2D eigenvalue weighted by Gasteiger charge is -2.14. The average Bonchev–Trinajstić information content (AvgIpc) is 2.61. The highest BCUT2D eigenvalue weighted by atomic mass is 79.9. The maximum Gasteiger partial charge on any atom is 0.340 e. The highest BCUT2D eigenvalue weighted by molar-refractivity contribution is 9.10. The average molecular weight is 394 g/mol. The van der Waals surface area contributed by atoms with Crippen molar-refractivity contribution in [1.82, 2.24) is 0 Å². The van der Waals surface area contributed by atoms with Crippen LogP contribution in [0.3, 0.4) is 0 Å². The van der Waals surface area contributed by atoms with Gasteiger partial charge in [-0.15, -0.1) is 0 Å². The number of carbonyl (C=O) groups excluding carboxylic acids is 2. The topological polar surface area (TPSA) is 73.9 Å². The highest BCUT2D eigenvalue weighted by Gasteiger charge is 2.19. The maximum absolute atomic E-state index is 12.4. The summed E-state index contributed by atoms with van der Waals surface area (Å²) in [5.41, 5.74) is 0.886. The minimum absolute atomic E-state index is 0.167. The smallest absolute Gasteiger partial charge is 0.340 e. The van der Waals surface area contributed by atoms with Crippen molar-refractivity contribution in [3.05, 3.63) is 52.0 Å². The summed E-state index contributed by atoms with van der Waals surface area (Å²) >= 11 is 3.31. The van der Waals surface area contributed by atoms with E-state index in [9.17, 15) is 9.59 Å². The molecule has 6 nitrogen and oxygen atoms in total. The molecule has 0 unspecified atom stereocenters. The van der Waals surface area contributed by atoms with Gasteiger partial charge < -0.3 is 19.5 Å². The molecular formula is C17H16BrNO5. The summed E-state index contributed by atoms with van der Waals surface area (Å²) in [6, 6.07) is 9.81. The van der Waals surface area contributed by atoms with E-state index in [0.29, 0.717) is 17.1 Å². The number of halogens is 1. The number of ether oxygens (including phenoxy) is 3. The van der Waals surface area contributed by atoms with E-state index < -0.39 is 5.97 Å². The van der Waals surface area contributed by atoms with Crippen LogP contribution in [0.4, 0.5) is 5.69 Å². The number of benzene rings is 2. The molecule has 0 fully saturated rings. The molecule has 0 aliphatic heterocycles. The van der Waals surface area contributed by atoms with Gasteiger partial charge in [0, 0.05) is 22.2 Å². The molecule has 0 aliphatic rings. The van der Waals surface area contributed by atoms with Crippen LogP contribution < -0.4 is 14.8 Å². The van der Waals surface area contributed by atoms with Gasteiger partial charge in [0.05, 0.1) is 32.6 Å². The van der Waals surface area contributed by atoms with Crippen molar-refractivity contribution in [1.29, 1.82) is 0 Å². The quantitative estimate of drug-likeness (QED) is 0.786. The zero-order valence-electron chi connectivity index (χ0n) is 13.4. The Balaban J connectivity index is 2.41. The first-order valence-corrected chi connectivity index (χ1v) is 7.70. The molecule has 1 amide bonds. The zero-order chi connectivity index (χ0) is 17.7. The Morgan fingerprint density at radius 3 is 2.08 bits per heavy atom. The van der Waals surface area contributed by atoms with Crippen molar-refractivity contribution in [2.45, 2.75) is 0 Å². The fourth-order valence-corrected chi connectivity index (χ4v) is 2.32. The summed E-state index contributed by atoms with van der Waals surface area (Å²) in [4.78, 5) is 24.4. The summed E-state index contributed by atoms with van der Waals surface area (Å²) in [7, 11) is 4.19. The van der Waals surface area contributed by atoms with E-state index in [1.807, 2.05) is 0 Å². The van der Waals surface area contributed by atoms with Crippen molar-refractivity contribution < 1.29 is 23.8 Å². The first kappa shape index (κ1) is 17.8. The monoisotopic (exact) mass is 393 g/mol. The van der Waals surface area contributed by atoms with Crippen molar-refractivity contribution in [2.75, 3.05) is 26.6 Å². The molecule has 2 aromatic rings. The molecule has 24 heavy (non-hydrogen) atoms. The van der Waals surface area contributed by atoms with Crippen molar-refractivity contribution in [2.24, 2.45) is 0 Å². The number of anilines is 1. The Morgan fingerprint density at radius 2 is 1.54 bits per heavy atom. The van der Waals surface area contributed by atoms with E-state index in [1.165, 1.54) is 33.5 Å². The van der Waals surface area contributed by atoms with E-state index in [1.54, 1.807) is 24.3 Å². The molecule has 2 aromatic carbocycles. The molecule has 0 aromatic heterocycles. The minimum Gasteiger partial charge on any atom is -0.493 e. The number of nitrogens with one attached hydrogen (secondary N) is 1. The van der Waals surface area contributed by atoms with Crippen molar-refractivity contribution in [3.63, 3.8) is 0 Å². The van der Waals surface area contributed by atoms with Gasteiger partial charge in [-0.3, -0.25) is 4.79 Å². The third-order valence-electron chi connectivity index (χ3n) is 3.28. The largest absolute Gasteiger partial charge is 0.493 e. The van der Waals surface area contributed by atoms with Gasteiger partial charge in [-0.25, -0.2) is 4.79 Å². The number of esters is 1. The van der Waals surface area contributed by atoms with Crippen LogP contribution in [0.25, 0.3) is 0 Å². The molecule has 0 atom stereocenters. The maximum atomic E-state index is 12.4. The molecule has 1 N–H and O–H groups in total. The normalized spacial score (nSPS) is 10.0. The number of hydrogen-bond donors (Lipinski definition) is 1. The molecule has 0 spiro atoms. The van der Waals surface area contributed by atoms with Crippen LogP contribution in [0, 0.1) is 0 Å². The molecule has 7 heteroatoms. The van der Waals surface area contributed by atoms with Gasteiger partial charge in [0.25, 0.3) is 5.91 Å². The second-order valence-electron chi connectivity index (χ2n) is 4.71. The second kappa shape index (κ2) is 7.83. The first-order chi connectivity index (χ1) is 11.5. The van der Waals surface area contributed by atoms with Gasteiger partial charge in [-0.2, -0.15) is 0 Å². The molecule has 126 valence electrons. The van der Waals surface area contributed by atoms with Crippen molar-refractivity contribution >= 4 is 33.5 Å². The highest BCUT2D eigenvalue weighted by Crippen LogP contribution is 2.34. The predicted octanol–water partition coefficient (Wildman–Crippen LogP) is 3.51. The van der Waals surface area contributed by atoms with Crippen LogP contribution in [0.15, 0.2) is 40.9 Å². The Morgan fingerprint density at radius 1 is 0.958 bits per heavy atom. The summed E-state index contributed by atoms with van der Waals surface area (Å²) in [5.74, 6) is -0.210. The number of hydrogen-bond acceptors (Lipinski definition) is 5. The van der Waals surface area contributed by atoms with Gasteiger partial charge in [-0.05, 0) is 24.3 Å². The first-order valence-electron chi connectivity index (χ1n) is 6.91. The molecule has 0 bridgehead atoms.